The van der Waals surface area contributed by atoms with Gasteiger partial charge in [0.1, 0.15) is 35.4 Å². The second kappa shape index (κ2) is 20.1. The van der Waals surface area contributed by atoms with Gasteiger partial charge in [-0.3, -0.25) is 34.3 Å². The Bertz CT molecular complexity index is 2800. The van der Waals surface area contributed by atoms with E-state index in [2.05, 4.69) is 39.5 Å². The number of para-hydroxylation sites is 1. The summed E-state index contributed by atoms with van der Waals surface area (Å²) in [6, 6.07) is 22.4. The SMILES string of the molecule is Nc1ncnc2c1c(-c1ccc(Oc3ccccc3)cc1)nn2C1CCCN(CC2CCN(C(=O)N3CCC(CCN4CCN(c5ccc6c(c5)C(=O)N(C5CCC(=O)NC5=O)C6=O)CC4)CC3)CC2)C1. The number of hydrogen-bond donors (Lipinski definition) is 2. The first-order valence-electron chi connectivity index (χ1n) is 25.5. The molecule has 0 bridgehead atoms. The van der Waals surface area contributed by atoms with Crippen molar-refractivity contribution >= 4 is 52.2 Å². The molecule has 2 atom stereocenters. The molecule has 8 heterocycles. The van der Waals surface area contributed by atoms with Crippen molar-refractivity contribution in [3.63, 3.8) is 0 Å². The monoisotopic (exact) mass is 962 g/mol. The Morgan fingerprint density at radius 3 is 2.15 bits per heavy atom. The van der Waals surface area contributed by atoms with E-state index in [1.165, 1.54) is 6.33 Å². The van der Waals surface area contributed by atoms with Crippen molar-refractivity contribution in [3.8, 4) is 22.8 Å². The van der Waals surface area contributed by atoms with Crippen molar-refractivity contribution in [3.05, 3.63) is 90.3 Å². The number of anilines is 2. The maximum Gasteiger partial charge on any atom is 0.319 e. The van der Waals surface area contributed by atoms with Gasteiger partial charge in [0.05, 0.1) is 22.6 Å². The Balaban J connectivity index is 0.611. The Morgan fingerprint density at radius 2 is 1.42 bits per heavy atom. The number of carbonyl (C=O) groups is 5. The first-order valence-corrected chi connectivity index (χ1v) is 25.5. The number of nitrogens with two attached hydrogens (primary N) is 1. The number of piperazine rings is 1. The molecule has 71 heavy (non-hydrogen) atoms. The van der Waals surface area contributed by atoms with Gasteiger partial charge in [0.25, 0.3) is 11.8 Å². The van der Waals surface area contributed by atoms with Crippen LogP contribution in [-0.2, 0) is 9.59 Å². The van der Waals surface area contributed by atoms with E-state index in [-0.39, 0.29) is 30.8 Å². The van der Waals surface area contributed by atoms with Crippen LogP contribution in [0.1, 0.15) is 84.5 Å². The summed E-state index contributed by atoms with van der Waals surface area (Å²) in [7, 11) is 0. The molecule has 370 valence electrons. The van der Waals surface area contributed by atoms with E-state index in [9.17, 15) is 24.0 Å². The molecular weight excluding hydrogens is 901 g/mol. The van der Waals surface area contributed by atoms with Gasteiger partial charge in [-0.2, -0.15) is 5.10 Å². The molecule has 18 nitrogen and oxygen atoms in total. The predicted octanol–water partition coefficient (Wildman–Crippen LogP) is 5.66. The van der Waals surface area contributed by atoms with Gasteiger partial charge in [-0.05, 0) is 131 Å². The summed E-state index contributed by atoms with van der Waals surface area (Å²) < 4.78 is 8.11. The minimum atomic E-state index is -0.973. The van der Waals surface area contributed by atoms with Crippen LogP contribution in [0.2, 0.25) is 0 Å². The van der Waals surface area contributed by atoms with Gasteiger partial charge < -0.3 is 30.1 Å². The second-order valence-corrected chi connectivity index (χ2v) is 20.2. The van der Waals surface area contributed by atoms with Crippen molar-refractivity contribution in [1.29, 1.82) is 0 Å². The molecule has 2 unspecified atom stereocenters. The molecule has 18 heteroatoms. The minimum Gasteiger partial charge on any atom is -0.457 e. The lowest BCUT2D eigenvalue weighted by Crippen LogP contribution is -2.54. The molecule has 5 aromatic rings. The van der Waals surface area contributed by atoms with Crippen LogP contribution in [-0.4, -0.2) is 158 Å². The van der Waals surface area contributed by atoms with Gasteiger partial charge >= 0.3 is 6.03 Å². The first-order chi connectivity index (χ1) is 34.6. The average molecular weight is 963 g/mol. The number of imide groups is 2. The lowest BCUT2D eigenvalue weighted by atomic mass is 9.93. The van der Waals surface area contributed by atoms with Crippen molar-refractivity contribution in [2.24, 2.45) is 11.8 Å². The number of amides is 6. The lowest BCUT2D eigenvalue weighted by Gasteiger charge is -2.41. The Morgan fingerprint density at radius 1 is 0.718 bits per heavy atom. The number of nitrogens with one attached hydrogen (secondary N) is 1. The smallest absolute Gasteiger partial charge is 0.319 e. The summed E-state index contributed by atoms with van der Waals surface area (Å²) in [5.74, 6) is 1.10. The highest BCUT2D eigenvalue weighted by Gasteiger charge is 2.45. The number of benzene rings is 3. The molecular formula is C53H62N12O6. The molecule has 0 saturated carbocycles. The molecule has 6 amide bonds. The summed E-state index contributed by atoms with van der Waals surface area (Å²) in [5.41, 5.74) is 10.5. The second-order valence-electron chi connectivity index (χ2n) is 20.2. The fraction of sp³-hybridized carbons (Fsp3) is 0.472. The van der Waals surface area contributed by atoms with E-state index in [1.54, 1.807) is 12.1 Å². The molecule has 11 rings (SSSR count). The lowest BCUT2D eigenvalue weighted by molar-refractivity contribution is -0.136. The maximum absolute atomic E-state index is 13.8. The molecule has 5 saturated heterocycles. The maximum atomic E-state index is 13.8. The highest BCUT2D eigenvalue weighted by Crippen LogP contribution is 2.36. The zero-order chi connectivity index (χ0) is 48.6. The van der Waals surface area contributed by atoms with Crippen LogP contribution in [0.4, 0.5) is 16.3 Å². The van der Waals surface area contributed by atoms with Crippen molar-refractivity contribution in [2.75, 3.05) is 89.2 Å². The zero-order valence-corrected chi connectivity index (χ0v) is 40.2. The summed E-state index contributed by atoms with van der Waals surface area (Å²) in [6.45, 7) is 10.6. The Labute approximate surface area is 413 Å². The van der Waals surface area contributed by atoms with Crippen molar-refractivity contribution in [1.82, 2.24) is 49.6 Å². The summed E-state index contributed by atoms with van der Waals surface area (Å²) >= 11 is 0. The van der Waals surface area contributed by atoms with E-state index in [1.807, 2.05) is 60.7 Å². The standard InChI is InChI=1S/C53H62N12O6/c54-48-46-47(37-8-11-41(12-9-37)71-40-6-2-1-3-7-40)58-65(49(46)56-34-55-48)39-5-4-21-60(33-39)32-36-19-25-63(26-20-36)53(70)62-23-17-35(18-24-62)16-22-59-27-29-61(30-28-59)38-10-13-42-43(31-38)52(69)64(51(42)68)44-14-15-45(66)57-50(44)67/h1-3,6-13,31,34-36,39,44H,4-5,14-30,32-33H2,(H2,54,55,56)(H,57,66,67). The number of fused-ring (bicyclic) bond motifs is 2. The minimum absolute atomic E-state index is 0.0928. The summed E-state index contributed by atoms with van der Waals surface area (Å²) in [5, 5.41) is 8.20. The van der Waals surface area contributed by atoms with Gasteiger partial charge in [0, 0.05) is 83.1 Å². The number of rotatable bonds is 11. The van der Waals surface area contributed by atoms with Crippen LogP contribution in [0.5, 0.6) is 11.5 Å². The molecule has 3 aromatic carbocycles. The number of piperidine rings is 4. The topological polar surface area (TPSA) is 196 Å². The number of likely N-dealkylation sites (tertiary alicyclic amines) is 3. The number of nitrogen functional groups attached to an aromatic ring is 1. The number of nitrogens with zero attached hydrogens (tertiary/aromatic N) is 10. The van der Waals surface area contributed by atoms with E-state index < -0.39 is 23.8 Å². The molecule has 0 radical (unpaired) electrons. The van der Waals surface area contributed by atoms with E-state index in [0.717, 1.165) is 168 Å². The number of ether oxygens (including phenoxy) is 1. The molecule has 6 aliphatic rings. The third-order valence-corrected chi connectivity index (χ3v) is 15.8. The van der Waals surface area contributed by atoms with Crippen LogP contribution >= 0.6 is 0 Å². The third kappa shape index (κ3) is 9.66. The Hall–Kier alpha value is -6.92. The van der Waals surface area contributed by atoms with Crippen LogP contribution in [0.25, 0.3) is 22.3 Å². The number of carbonyl (C=O) groups excluding carboxylic acids is 5. The zero-order valence-electron chi connectivity index (χ0n) is 40.2. The normalized spacial score (nSPS) is 22.1. The fourth-order valence-corrected chi connectivity index (χ4v) is 11.7. The van der Waals surface area contributed by atoms with E-state index >= 15 is 0 Å². The number of aromatic nitrogens is 4. The number of hydrogen-bond acceptors (Lipinski definition) is 13. The summed E-state index contributed by atoms with van der Waals surface area (Å²) in [4.78, 5) is 86.0. The summed E-state index contributed by atoms with van der Waals surface area (Å²) in [6.07, 6.45) is 9.00. The van der Waals surface area contributed by atoms with Crippen LogP contribution < -0.4 is 20.7 Å². The van der Waals surface area contributed by atoms with Gasteiger partial charge in [0.15, 0.2) is 5.65 Å². The first kappa shape index (κ1) is 46.5. The van der Waals surface area contributed by atoms with E-state index in [4.69, 9.17) is 20.6 Å². The molecule has 2 aromatic heterocycles. The predicted molar refractivity (Wildman–Crippen MR) is 267 cm³/mol. The highest BCUT2D eigenvalue weighted by atomic mass is 16.5. The van der Waals surface area contributed by atoms with Crippen molar-refractivity contribution in [2.45, 2.75) is 69.9 Å². The van der Waals surface area contributed by atoms with Gasteiger partial charge in [-0.1, -0.05) is 18.2 Å². The van der Waals surface area contributed by atoms with E-state index in [0.29, 0.717) is 28.8 Å². The van der Waals surface area contributed by atoms with Gasteiger partial charge in [-0.25, -0.2) is 19.4 Å². The van der Waals surface area contributed by atoms with Gasteiger partial charge in [0.2, 0.25) is 11.8 Å². The largest absolute Gasteiger partial charge is 0.457 e. The van der Waals surface area contributed by atoms with Crippen LogP contribution in [0.15, 0.2) is 79.1 Å². The molecule has 5 fully saturated rings. The quantitative estimate of drug-likeness (QED) is 0.154. The molecule has 3 N–H and O–H groups in total. The van der Waals surface area contributed by atoms with Crippen molar-refractivity contribution < 1.29 is 28.7 Å². The van der Waals surface area contributed by atoms with Crippen LogP contribution in [0.3, 0.4) is 0 Å². The molecule has 0 spiro atoms. The molecule has 0 aliphatic carbocycles. The van der Waals surface area contributed by atoms with Crippen LogP contribution in [0, 0.1) is 11.8 Å². The average Bonchev–Trinajstić information content (AvgIpc) is 3.91. The number of urea groups is 1. The molecule has 6 aliphatic heterocycles. The van der Waals surface area contributed by atoms with Gasteiger partial charge in [-0.15, -0.1) is 0 Å². The Kier molecular flexibility index (Phi) is 13.1. The highest BCUT2D eigenvalue weighted by molar-refractivity contribution is 6.23. The third-order valence-electron chi connectivity index (χ3n) is 15.8. The fourth-order valence-electron chi connectivity index (χ4n) is 11.7.